The van der Waals surface area contributed by atoms with E-state index >= 15 is 0 Å². The Kier molecular flexibility index (Phi) is 8.75. The van der Waals surface area contributed by atoms with Crippen LogP contribution >= 0.6 is 0 Å². The Bertz CT molecular complexity index is 382. The van der Waals surface area contributed by atoms with E-state index in [0.29, 0.717) is 0 Å². The van der Waals surface area contributed by atoms with Crippen LogP contribution < -0.4 is 0 Å². The molecule has 0 saturated heterocycles. The molecule has 0 heterocycles. The summed E-state index contributed by atoms with van der Waals surface area (Å²) in [5.41, 5.74) is 1.01. The van der Waals surface area contributed by atoms with E-state index in [0.717, 1.165) is 5.56 Å². The molecule has 0 N–H and O–H groups in total. The van der Waals surface area contributed by atoms with Crippen molar-refractivity contribution in [3.05, 3.63) is 66.2 Å². The van der Waals surface area contributed by atoms with Gasteiger partial charge in [-0.2, -0.15) is 30.3 Å². The standard InChI is InChI=1S/C9H9O2.C5H5.Fe/c1-11-9(10)7-6-8-4-2-3-5-8;1-2-4-5-3-1;/h2-7H,1H3;1-5H;/q2*-1;/b7-6+;;. The number of carbonyl (C=O) groups is 1. The monoisotopic (exact) mass is 270 g/mol. The molecule has 0 bridgehead atoms. The Morgan fingerprint density at radius 1 is 1.18 bits per heavy atom. The molecule has 0 amide bonds. The second-order valence-corrected chi connectivity index (χ2v) is 3.04. The first-order valence-corrected chi connectivity index (χ1v) is 4.97. The van der Waals surface area contributed by atoms with Crippen LogP contribution in [0.2, 0.25) is 0 Å². The largest absolute Gasteiger partial charge is 0.473 e. The van der Waals surface area contributed by atoms with Crippen molar-refractivity contribution in [2.75, 3.05) is 7.11 Å². The Balaban J connectivity index is 0.000000360. The summed E-state index contributed by atoms with van der Waals surface area (Å²) in [5, 5.41) is 0. The van der Waals surface area contributed by atoms with Gasteiger partial charge in [-0.25, -0.2) is 12.1 Å². The summed E-state index contributed by atoms with van der Waals surface area (Å²) < 4.78 is 4.42. The third kappa shape index (κ3) is 7.34. The molecular formula is C14H14FeO2-2. The van der Waals surface area contributed by atoms with Crippen molar-refractivity contribution in [3.63, 3.8) is 0 Å². The SMILES string of the molecule is COC(=O)/C=C/[c-]1cccc1.[Fe].c1cc[cH-]c1. The summed E-state index contributed by atoms with van der Waals surface area (Å²) in [4.78, 5) is 10.6. The van der Waals surface area contributed by atoms with Crippen molar-refractivity contribution in [1.29, 1.82) is 0 Å². The molecule has 0 radical (unpaired) electrons. The minimum Gasteiger partial charge on any atom is -0.473 e. The molecule has 0 aromatic heterocycles. The zero-order valence-corrected chi connectivity index (χ0v) is 10.6. The van der Waals surface area contributed by atoms with Crippen LogP contribution in [0.3, 0.4) is 0 Å². The van der Waals surface area contributed by atoms with E-state index in [1.807, 2.05) is 54.6 Å². The zero-order chi connectivity index (χ0) is 11.6. The third-order valence-corrected chi connectivity index (χ3v) is 1.86. The van der Waals surface area contributed by atoms with Crippen LogP contribution in [0, 0.1) is 0 Å². The van der Waals surface area contributed by atoms with Gasteiger partial charge in [0.25, 0.3) is 5.97 Å². The van der Waals surface area contributed by atoms with E-state index in [1.165, 1.54) is 13.2 Å². The number of hydrogen-bond acceptors (Lipinski definition) is 2. The maximum Gasteiger partial charge on any atom is 0.288 e. The molecule has 0 unspecified atom stereocenters. The van der Waals surface area contributed by atoms with Crippen molar-refractivity contribution in [2.45, 2.75) is 0 Å². The molecule has 0 fully saturated rings. The van der Waals surface area contributed by atoms with E-state index in [1.54, 1.807) is 6.08 Å². The second-order valence-electron chi connectivity index (χ2n) is 3.04. The van der Waals surface area contributed by atoms with Gasteiger partial charge in [0.15, 0.2) is 0 Å². The fraction of sp³-hybridized carbons (Fsp3) is 0.0714. The molecule has 92 valence electrons. The molecule has 2 nitrogen and oxygen atoms in total. The van der Waals surface area contributed by atoms with Crippen LogP contribution in [0.15, 0.2) is 60.7 Å². The minimum absolute atomic E-state index is 0. The van der Waals surface area contributed by atoms with Crippen LogP contribution in [0.5, 0.6) is 0 Å². The van der Waals surface area contributed by atoms with Gasteiger partial charge in [0.05, 0.1) is 7.11 Å². The molecule has 2 aromatic rings. The van der Waals surface area contributed by atoms with Crippen molar-refractivity contribution in [1.82, 2.24) is 0 Å². The summed E-state index contributed by atoms with van der Waals surface area (Å²) in [6.07, 6.45) is 3.11. The molecule has 2 rings (SSSR count). The Hall–Kier alpha value is -1.57. The van der Waals surface area contributed by atoms with Gasteiger partial charge >= 0.3 is 0 Å². The molecule has 0 aliphatic carbocycles. The van der Waals surface area contributed by atoms with E-state index in [2.05, 4.69) is 4.74 Å². The molecule has 2 aromatic carbocycles. The van der Waals surface area contributed by atoms with E-state index in [-0.39, 0.29) is 23.0 Å². The van der Waals surface area contributed by atoms with Gasteiger partial charge in [-0.1, -0.05) is 0 Å². The number of methoxy groups -OCH3 is 1. The number of esters is 1. The van der Waals surface area contributed by atoms with Crippen molar-refractivity contribution in [2.24, 2.45) is 0 Å². The normalized spacial score (nSPS) is 9.00. The summed E-state index contributed by atoms with van der Waals surface area (Å²) in [5.74, 6) is -0.328. The van der Waals surface area contributed by atoms with Crippen molar-refractivity contribution >= 4 is 12.0 Å². The first kappa shape index (κ1) is 15.4. The molecule has 0 spiro atoms. The molecular weight excluding hydrogens is 256 g/mol. The van der Waals surface area contributed by atoms with Gasteiger partial charge in [0.2, 0.25) is 0 Å². The fourth-order valence-corrected chi connectivity index (χ4v) is 1.05. The number of carbonyl (C=O) groups excluding carboxylic acids is 1. The van der Waals surface area contributed by atoms with Crippen LogP contribution in [0.25, 0.3) is 6.08 Å². The summed E-state index contributed by atoms with van der Waals surface area (Å²) in [7, 11) is 1.36. The average molecular weight is 270 g/mol. The second kappa shape index (κ2) is 9.64. The number of ether oxygens (including phenoxy) is 1. The van der Waals surface area contributed by atoms with Gasteiger partial charge in [0, 0.05) is 17.1 Å². The maximum absolute atomic E-state index is 10.6. The Morgan fingerprint density at radius 3 is 2.18 bits per heavy atom. The van der Waals surface area contributed by atoms with Crippen molar-refractivity contribution in [3.8, 4) is 0 Å². The topological polar surface area (TPSA) is 26.3 Å². The first-order chi connectivity index (χ1) is 7.83. The molecule has 0 saturated carbocycles. The smallest absolute Gasteiger partial charge is 0.288 e. The summed E-state index contributed by atoms with van der Waals surface area (Å²) in [6.45, 7) is 0. The predicted octanol–water partition coefficient (Wildman–Crippen LogP) is 2.99. The first-order valence-electron chi connectivity index (χ1n) is 4.97. The van der Waals surface area contributed by atoms with Crippen LogP contribution in [0.4, 0.5) is 0 Å². The number of rotatable bonds is 2. The van der Waals surface area contributed by atoms with Gasteiger partial charge in [0.1, 0.15) is 0 Å². The molecule has 0 aliphatic rings. The van der Waals surface area contributed by atoms with Crippen molar-refractivity contribution < 1.29 is 26.6 Å². The van der Waals surface area contributed by atoms with E-state index in [4.69, 9.17) is 0 Å². The predicted molar refractivity (Wildman–Crippen MR) is 65.1 cm³/mol. The van der Waals surface area contributed by atoms with E-state index in [9.17, 15) is 4.79 Å². The molecule has 3 heteroatoms. The minimum atomic E-state index is -0.328. The molecule has 0 aliphatic heterocycles. The Morgan fingerprint density at radius 2 is 1.76 bits per heavy atom. The quantitative estimate of drug-likeness (QED) is 0.363. The maximum atomic E-state index is 10.6. The fourth-order valence-electron chi connectivity index (χ4n) is 1.05. The number of hydrogen-bond donors (Lipinski definition) is 0. The Labute approximate surface area is 112 Å². The van der Waals surface area contributed by atoms with Gasteiger partial charge in [-0.15, -0.1) is 23.8 Å². The average Bonchev–Trinajstić information content (AvgIpc) is 3.00. The molecule has 17 heavy (non-hydrogen) atoms. The zero-order valence-electron chi connectivity index (χ0n) is 9.52. The third-order valence-electron chi connectivity index (χ3n) is 1.86. The van der Waals surface area contributed by atoms with Crippen LogP contribution in [-0.4, -0.2) is 13.1 Å². The van der Waals surface area contributed by atoms with Gasteiger partial charge < -0.3 is 4.74 Å². The summed E-state index contributed by atoms with van der Waals surface area (Å²) >= 11 is 0. The van der Waals surface area contributed by atoms with Gasteiger partial charge in [-0.05, 0) is 6.08 Å². The molecule has 0 atom stereocenters. The van der Waals surface area contributed by atoms with Gasteiger partial charge in [-0.3, -0.25) is 4.79 Å². The van der Waals surface area contributed by atoms with E-state index < -0.39 is 0 Å². The van der Waals surface area contributed by atoms with Crippen LogP contribution in [0.1, 0.15) is 5.56 Å². The summed E-state index contributed by atoms with van der Waals surface area (Å²) in [6, 6.07) is 17.7. The van der Waals surface area contributed by atoms with Crippen LogP contribution in [-0.2, 0) is 26.6 Å².